The summed E-state index contributed by atoms with van der Waals surface area (Å²) in [6.07, 6.45) is -0.592. The first kappa shape index (κ1) is 10.3. The fraction of sp³-hybridized carbons (Fsp3) is 0.455. The lowest BCUT2D eigenvalue weighted by Gasteiger charge is -2.28. The minimum absolute atomic E-state index is 0.239. The first-order valence-corrected chi connectivity index (χ1v) is 5.08. The second kappa shape index (κ2) is 4.08. The first-order valence-electron chi connectivity index (χ1n) is 5.08. The van der Waals surface area contributed by atoms with Gasteiger partial charge in [-0.3, -0.25) is 0 Å². The van der Waals surface area contributed by atoms with Crippen molar-refractivity contribution in [2.24, 2.45) is 5.73 Å². The molecule has 0 saturated carbocycles. The van der Waals surface area contributed by atoms with Crippen molar-refractivity contribution in [2.45, 2.75) is 6.10 Å². The quantitative estimate of drug-likeness (QED) is 0.743. The van der Waals surface area contributed by atoms with Crippen molar-refractivity contribution in [1.82, 2.24) is 0 Å². The average Bonchev–Trinajstić information content (AvgIpc) is 2.28. The molecule has 4 nitrogen and oxygen atoms in total. The van der Waals surface area contributed by atoms with Gasteiger partial charge >= 0.3 is 0 Å². The smallest absolute Gasteiger partial charge is 0.142 e. The second-order valence-corrected chi connectivity index (χ2v) is 3.75. The van der Waals surface area contributed by atoms with Crippen LogP contribution in [0.4, 0.5) is 5.69 Å². The predicted molar refractivity (Wildman–Crippen MR) is 59.2 cm³/mol. The third-order valence-electron chi connectivity index (χ3n) is 2.69. The number of rotatable bonds is 2. The number of benzene rings is 1. The van der Waals surface area contributed by atoms with Crippen LogP contribution < -0.4 is 15.4 Å². The molecule has 0 bridgehead atoms. The SMILES string of the molecule is CN1CCOc2ccc(C(O)CN)cc21. The number of nitrogens with zero attached hydrogens (tertiary/aromatic N) is 1. The highest BCUT2D eigenvalue weighted by Crippen LogP contribution is 2.32. The highest BCUT2D eigenvalue weighted by Gasteiger charge is 2.16. The zero-order valence-electron chi connectivity index (χ0n) is 8.81. The van der Waals surface area contributed by atoms with Crippen molar-refractivity contribution in [3.8, 4) is 5.75 Å². The summed E-state index contributed by atoms with van der Waals surface area (Å²) in [5, 5.41) is 9.63. The van der Waals surface area contributed by atoms with Crippen LogP contribution in [0.3, 0.4) is 0 Å². The molecule has 2 rings (SSSR count). The zero-order valence-corrected chi connectivity index (χ0v) is 8.81. The van der Waals surface area contributed by atoms with Crippen LogP contribution >= 0.6 is 0 Å². The van der Waals surface area contributed by atoms with E-state index in [1.54, 1.807) is 0 Å². The largest absolute Gasteiger partial charge is 0.490 e. The molecule has 3 N–H and O–H groups in total. The number of aliphatic hydroxyl groups is 1. The molecular weight excluding hydrogens is 192 g/mol. The van der Waals surface area contributed by atoms with E-state index in [-0.39, 0.29) is 6.54 Å². The van der Waals surface area contributed by atoms with Crippen LogP contribution in [0.15, 0.2) is 18.2 Å². The van der Waals surface area contributed by atoms with Gasteiger partial charge in [0.05, 0.1) is 18.3 Å². The zero-order chi connectivity index (χ0) is 10.8. The number of hydrogen-bond acceptors (Lipinski definition) is 4. The second-order valence-electron chi connectivity index (χ2n) is 3.75. The van der Waals surface area contributed by atoms with Gasteiger partial charge in [0.25, 0.3) is 0 Å². The Kier molecular flexibility index (Phi) is 2.79. The molecule has 0 aromatic heterocycles. The molecule has 0 amide bonds. The van der Waals surface area contributed by atoms with Gasteiger partial charge in [-0.25, -0.2) is 0 Å². The van der Waals surface area contributed by atoms with Gasteiger partial charge in [0, 0.05) is 13.6 Å². The normalized spacial score (nSPS) is 16.9. The van der Waals surface area contributed by atoms with Gasteiger partial charge in [-0.15, -0.1) is 0 Å². The van der Waals surface area contributed by atoms with Gasteiger partial charge in [-0.1, -0.05) is 6.07 Å². The predicted octanol–water partition coefficient (Wildman–Crippen LogP) is 0.507. The maximum Gasteiger partial charge on any atom is 0.142 e. The molecular formula is C11H16N2O2. The third kappa shape index (κ3) is 1.91. The van der Waals surface area contributed by atoms with Crippen molar-refractivity contribution in [1.29, 1.82) is 0 Å². The lowest BCUT2D eigenvalue weighted by atomic mass is 10.1. The number of anilines is 1. The molecule has 15 heavy (non-hydrogen) atoms. The van der Waals surface area contributed by atoms with Crippen molar-refractivity contribution < 1.29 is 9.84 Å². The molecule has 0 aliphatic carbocycles. The monoisotopic (exact) mass is 208 g/mol. The standard InChI is InChI=1S/C11H16N2O2/c1-13-4-5-15-11-3-2-8(6-9(11)13)10(14)7-12/h2-3,6,10,14H,4-5,7,12H2,1H3. The number of nitrogens with two attached hydrogens (primary N) is 1. The van der Waals surface area contributed by atoms with E-state index in [1.165, 1.54) is 0 Å². The molecule has 1 atom stereocenters. The number of fused-ring (bicyclic) bond motifs is 1. The van der Waals surface area contributed by atoms with Crippen LogP contribution in [0.25, 0.3) is 0 Å². The number of ether oxygens (including phenoxy) is 1. The number of hydrogen-bond donors (Lipinski definition) is 2. The Hall–Kier alpha value is -1.26. The van der Waals surface area contributed by atoms with Crippen LogP contribution in [0, 0.1) is 0 Å². The van der Waals surface area contributed by atoms with E-state index >= 15 is 0 Å². The summed E-state index contributed by atoms with van der Waals surface area (Å²) in [6.45, 7) is 1.82. The Balaban J connectivity index is 2.35. The van der Waals surface area contributed by atoms with Crippen LogP contribution in [-0.2, 0) is 0 Å². The Morgan fingerprint density at radius 1 is 1.60 bits per heavy atom. The van der Waals surface area contributed by atoms with E-state index in [2.05, 4.69) is 4.90 Å². The summed E-state index contributed by atoms with van der Waals surface area (Å²) in [4.78, 5) is 2.12. The van der Waals surface area contributed by atoms with Gasteiger partial charge in [-0.05, 0) is 17.7 Å². The Morgan fingerprint density at radius 2 is 2.40 bits per heavy atom. The molecule has 0 fully saturated rings. The van der Waals surface area contributed by atoms with Crippen LogP contribution in [-0.4, -0.2) is 31.9 Å². The van der Waals surface area contributed by atoms with Gasteiger partial charge in [-0.2, -0.15) is 0 Å². The minimum Gasteiger partial charge on any atom is -0.490 e. The summed E-state index contributed by atoms with van der Waals surface area (Å²) >= 11 is 0. The highest BCUT2D eigenvalue weighted by atomic mass is 16.5. The van der Waals surface area contributed by atoms with Gasteiger partial charge in [0.2, 0.25) is 0 Å². The summed E-state index contributed by atoms with van der Waals surface area (Å²) in [5.41, 5.74) is 7.28. The van der Waals surface area contributed by atoms with E-state index in [0.29, 0.717) is 6.61 Å². The van der Waals surface area contributed by atoms with Crippen molar-refractivity contribution in [3.63, 3.8) is 0 Å². The molecule has 0 spiro atoms. The molecule has 82 valence electrons. The van der Waals surface area contributed by atoms with E-state index in [0.717, 1.165) is 23.5 Å². The Morgan fingerprint density at radius 3 is 3.13 bits per heavy atom. The molecule has 1 heterocycles. The molecule has 1 aromatic carbocycles. The van der Waals surface area contributed by atoms with Crippen LogP contribution in [0.5, 0.6) is 5.75 Å². The molecule has 1 unspecified atom stereocenters. The lowest BCUT2D eigenvalue weighted by Crippen LogP contribution is -2.29. The first-order chi connectivity index (χ1) is 7.22. The fourth-order valence-electron chi connectivity index (χ4n) is 1.71. The number of likely N-dealkylation sites (N-methyl/N-ethyl adjacent to an activating group) is 1. The van der Waals surface area contributed by atoms with E-state index in [4.69, 9.17) is 10.5 Å². The van der Waals surface area contributed by atoms with E-state index < -0.39 is 6.10 Å². The third-order valence-corrected chi connectivity index (χ3v) is 2.69. The Bertz CT molecular complexity index is 354. The summed E-state index contributed by atoms with van der Waals surface area (Å²) in [7, 11) is 2.01. The summed E-state index contributed by atoms with van der Waals surface area (Å²) < 4.78 is 5.51. The van der Waals surface area contributed by atoms with Crippen molar-refractivity contribution in [3.05, 3.63) is 23.8 Å². The Labute approximate surface area is 89.3 Å². The number of aliphatic hydroxyl groups excluding tert-OH is 1. The van der Waals surface area contributed by atoms with Crippen molar-refractivity contribution in [2.75, 3.05) is 31.6 Å². The molecule has 0 saturated heterocycles. The molecule has 4 heteroatoms. The van der Waals surface area contributed by atoms with Crippen LogP contribution in [0.1, 0.15) is 11.7 Å². The summed E-state index contributed by atoms with van der Waals surface area (Å²) in [5.74, 6) is 0.872. The maximum atomic E-state index is 9.63. The molecule has 1 aliphatic rings. The van der Waals surface area contributed by atoms with Gasteiger partial charge in [0.15, 0.2) is 0 Å². The lowest BCUT2D eigenvalue weighted by molar-refractivity contribution is 0.186. The topological polar surface area (TPSA) is 58.7 Å². The minimum atomic E-state index is -0.592. The van der Waals surface area contributed by atoms with Crippen LogP contribution in [0.2, 0.25) is 0 Å². The van der Waals surface area contributed by atoms with Gasteiger partial charge in [0.1, 0.15) is 12.4 Å². The summed E-state index contributed by atoms with van der Waals surface area (Å²) in [6, 6.07) is 5.68. The van der Waals surface area contributed by atoms with Gasteiger partial charge < -0.3 is 20.5 Å². The van der Waals surface area contributed by atoms with E-state index in [9.17, 15) is 5.11 Å². The van der Waals surface area contributed by atoms with E-state index in [1.807, 2.05) is 25.2 Å². The maximum absolute atomic E-state index is 9.63. The average molecular weight is 208 g/mol. The highest BCUT2D eigenvalue weighted by molar-refractivity contribution is 5.61. The fourth-order valence-corrected chi connectivity index (χ4v) is 1.71. The molecule has 0 radical (unpaired) electrons. The molecule has 1 aliphatic heterocycles. The van der Waals surface area contributed by atoms with Crippen molar-refractivity contribution >= 4 is 5.69 Å². The molecule has 1 aromatic rings.